The molecule has 0 saturated heterocycles. The highest BCUT2D eigenvalue weighted by atomic mass is 16.5. The molecule has 2 aromatic rings. The molecule has 0 saturated carbocycles. The summed E-state index contributed by atoms with van der Waals surface area (Å²) in [5.41, 5.74) is 7.29. The van der Waals surface area contributed by atoms with Crippen LogP contribution in [0.1, 0.15) is 0 Å². The molecule has 0 spiro atoms. The van der Waals surface area contributed by atoms with Crippen molar-refractivity contribution in [3.63, 3.8) is 0 Å². The third kappa shape index (κ3) is 4.26. The lowest BCUT2D eigenvalue weighted by Crippen LogP contribution is -2.19. The number of nitrogens with two attached hydrogens (primary N) is 1. The van der Waals surface area contributed by atoms with Crippen LogP contribution >= 0.6 is 0 Å². The van der Waals surface area contributed by atoms with E-state index >= 15 is 0 Å². The Balaban J connectivity index is 2.37. The number of likely N-dealkylation sites (N-methyl/N-ethyl adjacent to an activating group) is 1. The predicted molar refractivity (Wildman–Crippen MR) is 91.2 cm³/mol. The number of benzene rings is 1. The molecule has 2 N–H and O–H groups in total. The number of aromatic nitrogens is 1. The molecule has 124 valence electrons. The monoisotopic (exact) mass is 317 g/mol. The van der Waals surface area contributed by atoms with E-state index in [2.05, 4.69) is 9.88 Å². The van der Waals surface area contributed by atoms with Gasteiger partial charge in [-0.2, -0.15) is 0 Å². The van der Waals surface area contributed by atoms with Gasteiger partial charge in [0.2, 0.25) is 0 Å². The highest BCUT2D eigenvalue weighted by Gasteiger charge is 2.15. The molecule has 0 fully saturated rings. The third-order valence-corrected chi connectivity index (χ3v) is 3.33. The summed E-state index contributed by atoms with van der Waals surface area (Å²) >= 11 is 0. The molecule has 0 unspecified atom stereocenters. The van der Waals surface area contributed by atoms with Crippen LogP contribution in [0.3, 0.4) is 0 Å². The molecule has 1 aromatic heterocycles. The van der Waals surface area contributed by atoms with Crippen LogP contribution in [-0.2, 0) is 0 Å². The van der Waals surface area contributed by atoms with Crippen molar-refractivity contribution in [2.24, 2.45) is 0 Å². The molecule has 0 aliphatic carbocycles. The van der Waals surface area contributed by atoms with Gasteiger partial charge in [0.25, 0.3) is 0 Å². The third-order valence-electron chi connectivity index (χ3n) is 3.33. The maximum atomic E-state index is 5.80. The molecule has 0 aliphatic heterocycles. The van der Waals surface area contributed by atoms with Crippen LogP contribution in [0.25, 0.3) is 11.3 Å². The van der Waals surface area contributed by atoms with E-state index in [1.807, 2.05) is 38.4 Å². The quantitative estimate of drug-likeness (QED) is 0.845. The van der Waals surface area contributed by atoms with E-state index in [4.69, 9.17) is 19.9 Å². The molecular weight excluding hydrogens is 294 g/mol. The zero-order chi connectivity index (χ0) is 16.8. The van der Waals surface area contributed by atoms with Crippen molar-refractivity contribution in [1.29, 1.82) is 0 Å². The number of pyridine rings is 1. The van der Waals surface area contributed by atoms with Crippen LogP contribution in [-0.4, -0.2) is 51.4 Å². The first kappa shape index (κ1) is 16.9. The first-order valence-electron chi connectivity index (χ1n) is 7.31. The van der Waals surface area contributed by atoms with E-state index in [0.29, 0.717) is 29.7 Å². The maximum Gasteiger partial charge on any atom is 0.164 e. The van der Waals surface area contributed by atoms with Crippen molar-refractivity contribution in [2.75, 3.05) is 47.2 Å². The topological polar surface area (TPSA) is 69.8 Å². The van der Waals surface area contributed by atoms with Gasteiger partial charge in [0.05, 0.1) is 19.9 Å². The van der Waals surface area contributed by atoms with Gasteiger partial charge in [-0.05, 0) is 32.3 Å². The SMILES string of the molecule is COc1cc(-c2cccc(N)n2)c(OC)cc1OCCN(C)C. The minimum atomic E-state index is 0.454. The van der Waals surface area contributed by atoms with E-state index < -0.39 is 0 Å². The molecule has 6 heteroatoms. The van der Waals surface area contributed by atoms with Crippen molar-refractivity contribution in [1.82, 2.24) is 9.88 Å². The Morgan fingerprint density at radius 3 is 2.39 bits per heavy atom. The lowest BCUT2D eigenvalue weighted by molar-refractivity contribution is 0.249. The summed E-state index contributed by atoms with van der Waals surface area (Å²) in [5, 5.41) is 0. The van der Waals surface area contributed by atoms with Gasteiger partial charge < -0.3 is 24.8 Å². The van der Waals surface area contributed by atoms with Crippen LogP contribution in [0.5, 0.6) is 17.2 Å². The number of nitrogens with zero attached hydrogens (tertiary/aromatic N) is 2. The first-order valence-corrected chi connectivity index (χ1v) is 7.31. The van der Waals surface area contributed by atoms with Gasteiger partial charge in [-0.15, -0.1) is 0 Å². The number of hydrogen-bond donors (Lipinski definition) is 1. The molecule has 0 radical (unpaired) electrons. The second-order valence-corrected chi connectivity index (χ2v) is 5.30. The lowest BCUT2D eigenvalue weighted by atomic mass is 10.1. The molecule has 2 rings (SSSR count). The number of rotatable bonds is 7. The van der Waals surface area contributed by atoms with Gasteiger partial charge in [0, 0.05) is 18.2 Å². The Hall–Kier alpha value is -2.47. The highest BCUT2D eigenvalue weighted by molar-refractivity contribution is 5.72. The fourth-order valence-electron chi connectivity index (χ4n) is 2.12. The number of ether oxygens (including phenoxy) is 3. The van der Waals surface area contributed by atoms with E-state index in [9.17, 15) is 0 Å². The van der Waals surface area contributed by atoms with Crippen LogP contribution in [0.4, 0.5) is 5.82 Å². The Morgan fingerprint density at radius 1 is 1.04 bits per heavy atom. The number of methoxy groups -OCH3 is 2. The van der Waals surface area contributed by atoms with Crippen molar-refractivity contribution in [3.05, 3.63) is 30.3 Å². The standard InChI is InChI=1S/C17H23N3O3/c1-20(2)8-9-23-16-11-14(21-3)12(10-15(16)22-4)13-6-5-7-17(18)19-13/h5-7,10-11H,8-9H2,1-4H3,(H2,18,19). The summed E-state index contributed by atoms with van der Waals surface area (Å²) in [6.07, 6.45) is 0. The summed E-state index contributed by atoms with van der Waals surface area (Å²) < 4.78 is 16.7. The largest absolute Gasteiger partial charge is 0.496 e. The van der Waals surface area contributed by atoms with Crippen LogP contribution in [0, 0.1) is 0 Å². The van der Waals surface area contributed by atoms with Gasteiger partial charge in [-0.3, -0.25) is 0 Å². The normalized spacial score (nSPS) is 10.7. The summed E-state index contributed by atoms with van der Waals surface area (Å²) in [6, 6.07) is 9.14. The van der Waals surface area contributed by atoms with Crippen LogP contribution in [0.2, 0.25) is 0 Å². The number of anilines is 1. The Bertz CT molecular complexity index is 660. The first-order chi connectivity index (χ1) is 11.0. The van der Waals surface area contributed by atoms with E-state index in [-0.39, 0.29) is 0 Å². The molecule has 1 aromatic carbocycles. The fraction of sp³-hybridized carbons (Fsp3) is 0.353. The average Bonchev–Trinajstić information content (AvgIpc) is 2.54. The van der Waals surface area contributed by atoms with Gasteiger partial charge in [-0.1, -0.05) is 6.07 Å². The Kier molecular flexibility index (Phi) is 5.65. The smallest absolute Gasteiger partial charge is 0.164 e. The highest BCUT2D eigenvalue weighted by Crippen LogP contribution is 2.39. The molecule has 0 amide bonds. The van der Waals surface area contributed by atoms with Crippen molar-refractivity contribution in [3.8, 4) is 28.5 Å². The summed E-state index contributed by atoms with van der Waals surface area (Å²) in [7, 11) is 7.21. The molecule has 1 heterocycles. The van der Waals surface area contributed by atoms with Crippen molar-refractivity contribution < 1.29 is 14.2 Å². The Labute approximate surface area is 136 Å². The van der Waals surface area contributed by atoms with E-state index in [1.54, 1.807) is 20.3 Å². The van der Waals surface area contributed by atoms with Gasteiger partial charge >= 0.3 is 0 Å². The van der Waals surface area contributed by atoms with Gasteiger partial charge in [0.15, 0.2) is 11.5 Å². The molecule has 23 heavy (non-hydrogen) atoms. The molecular formula is C17H23N3O3. The molecule has 0 atom stereocenters. The second-order valence-electron chi connectivity index (χ2n) is 5.30. The van der Waals surface area contributed by atoms with Crippen molar-refractivity contribution >= 4 is 5.82 Å². The lowest BCUT2D eigenvalue weighted by Gasteiger charge is -2.16. The summed E-state index contributed by atoms with van der Waals surface area (Å²) in [4.78, 5) is 6.39. The number of nitrogen functional groups attached to an aromatic ring is 1. The molecule has 0 aliphatic rings. The Morgan fingerprint density at radius 2 is 1.78 bits per heavy atom. The van der Waals surface area contributed by atoms with Crippen molar-refractivity contribution in [2.45, 2.75) is 0 Å². The van der Waals surface area contributed by atoms with Crippen LogP contribution in [0.15, 0.2) is 30.3 Å². The van der Waals surface area contributed by atoms with E-state index in [0.717, 1.165) is 17.8 Å². The minimum absolute atomic E-state index is 0.454. The zero-order valence-corrected chi connectivity index (χ0v) is 14.0. The molecule has 0 bridgehead atoms. The van der Waals surface area contributed by atoms with Gasteiger partial charge in [0.1, 0.15) is 18.2 Å². The van der Waals surface area contributed by atoms with Crippen LogP contribution < -0.4 is 19.9 Å². The summed E-state index contributed by atoms with van der Waals surface area (Å²) in [6.45, 7) is 1.37. The maximum absolute atomic E-state index is 5.80. The fourth-order valence-corrected chi connectivity index (χ4v) is 2.12. The van der Waals surface area contributed by atoms with Gasteiger partial charge in [-0.25, -0.2) is 4.98 Å². The zero-order valence-electron chi connectivity index (χ0n) is 14.0. The van der Waals surface area contributed by atoms with E-state index in [1.165, 1.54) is 0 Å². The predicted octanol–water partition coefficient (Wildman–Crippen LogP) is 2.29. The average molecular weight is 317 g/mol. The minimum Gasteiger partial charge on any atom is -0.496 e. The summed E-state index contributed by atoms with van der Waals surface area (Å²) in [5.74, 6) is 2.38. The number of hydrogen-bond acceptors (Lipinski definition) is 6. The molecule has 6 nitrogen and oxygen atoms in total. The second kappa shape index (κ2) is 7.69.